The molecule has 6 aromatic rings. The van der Waals surface area contributed by atoms with Gasteiger partial charge in [-0.1, -0.05) is 115 Å². The van der Waals surface area contributed by atoms with Crippen molar-refractivity contribution in [2.24, 2.45) is 0 Å². The number of piperidine rings is 1. The summed E-state index contributed by atoms with van der Waals surface area (Å²) in [6, 6.07) is 48.8. The molecule has 1 heterocycles. The molecule has 0 spiro atoms. The Kier molecular flexibility index (Phi) is 12.3. The molecule has 6 aromatic carbocycles. The molecule has 3 atom stereocenters. The number of ether oxygens (including phenoxy) is 4. The first-order chi connectivity index (χ1) is 23.8. The van der Waals surface area contributed by atoms with E-state index in [0.717, 1.165) is 25.3 Å². The molecule has 1 aliphatic rings. The number of hydrogen-bond acceptors (Lipinski definition) is 5. The van der Waals surface area contributed by atoms with Gasteiger partial charge in [0.1, 0.15) is 5.75 Å². The Balaban J connectivity index is 0.00000417. The molecule has 0 radical (unpaired) electrons. The van der Waals surface area contributed by atoms with Crippen LogP contribution in [0.5, 0.6) is 5.75 Å². The smallest absolute Gasteiger partial charge is 0.119 e. The van der Waals surface area contributed by atoms with E-state index in [1.165, 1.54) is 43.8 Å². The predicted molar refractivity (Wildman–Crippen MR) is 201 cm³/mol. The van der Waals surface area contributed by atoms with Crippen molar-refractivity contribution in [2.75, 3.05) is 26.3 Å². The first-order valence-corrected chi connectivity index (χ1v) is 17.0. The molecule has 7 rings (SSSR count). The van der Waals surface area contributed by atoms with E-state index in [1.54, 1.807) is 0 Å². The fraction of sp³-hybridized carbons (Fsp3) is 0.256. The highest BCUT2D eigenvalue weighted by atomic mass is 35.5. The molecule has 0 unspecified atom stereocenters. The topological polar surface area (TPSA) is 49.0 Å². The van der Waals surface area contributed by atoms with Crippen molar-refractivity contribution in [1.29, 1.82) is 0 Å². The molecule has 1 saturated heterocycles. The number of halogens is 1. The van der Waals surface area contributed by atoms with Crippen molar-refractivity contribution in [3.05, 3.63) is 162 Å². The van der Waals surface area contributed by atoms with Gasteiger partial charge in [0.05, 0.1) is 45.2 Å². The summed E-state index contributed by atoms with van der Waals surface area (Å²) in [5, 5.41) is 8.53. The van der Waals surface area contributed by atoms with E-state index in [1.807, 2.05) is 18.2 Å². The van der Waals surface area contributed by atoms with Crippen LogP contribution in [-0.2, 0) is 34.0 Å². The van der Waals surface area contributed by atoms with Crippen molar-refractivity contribution in [1.82, 2.24) is 5.32 Å². The van der Waals surface area contributed by atoms with Crippen LogP contribution in [0.15, 0.2) is 140 Å². The fourth-order valence-corrected chi connectivity index (χ4v) is 6.58. The Morgan fingerprint density at radius 1 is 0.510 bits per heavy atom. The number of fused-ring (bicyclic) bond motifs is 2. The van der Waals surface area contributed by atoms with E-state index in [4.69, 9.17) is 18.9 Å². The van der Waals surface area contributed by atoms with E-state index in [9.17, 15) is 0 Å². The van der Waals surface area contributed by atoms with Gasteiger partial charge >= 0.3 is 0 Å². The first-order valence-electron chi connectivity index (χ1n) is 17.0. The second-order valence-electron chi connectivity index (χ2n) is 12.6. The fourth-order valence-electron chi connectivity index (χ4n) is 6.58. The Morgan fingerprint density at radius 3 is 1.65 bits per heavy atom. The third-order valence-electron chi connectivity index (χ3n) is 9.13. The average molecular weight is 674 g/mol. The molecule has 6 heteroatoms. The van der Waals surface area contributed by atoms with Crippen LogP contribution in [0.4, 0.5) is 0 Å². The number of benzene rings is 6. The van der Waals surface area contributed by atoms with Gasteiger partial charge in [-0.2, -0.15) is 0 Å². The second kappa shape index (κ2) is 17.4. The van der Waals surface area contributed by atoms with Crippen molar-refractivity contribution in [3.63, 3.8) is 0 Å². The molecule has 0 bridgehead atoms. The lowest BCUT2D eigenvalue weighted by molar-refractivity contribution is -0.0650. The van der Waals surface area contributed by atoms with E-state index < -0.39 is 0 Å². The maximum Gasteiger partial charge on any atom is 0.119 e. The molecular weight excluding hydrogens is 630 g/mol. The maximum atomic E-state index is 6.70. The summed E-state index contributed by atoms with van der Waals surface area (Å²) in [5.74, 6) is 0.922. The third-order valence-corrected chi connectivity index (χ3v) is 9.13. The molecule has 0 aliphatic carbocycles. The highest BCUT2D eigenvalue weighted by Gasteiger charge is 2.36. The van der Waals surface area contributed by atoms with Crippen LogP contribution >= 0.6 is 12.4 Å². The van der Waals surface area contributed by atoms with E-state index in [-0.39, 0.29) is 30.5 Å². The van der Waals surface area contributed by atoms with Crippen molar-refractivity contribution in [3.8, 4) is 5.75 Å². The van der Waals surface area contributed by atoms with E-state index in [2.05, 4.69) is 127 Å². The summed E-state index contributed by atoms with van der Waals surface area (Å²) < 4.78 is 25.3. The largest absolute Gasteiger partial charge is 0.494 e. The van der Waals surface area contributed by atoms with Crippen LogP contribution in [0.2, 0.25) is 0 Å². The summed E-state index contributed by atoms with van der Waals surface area (Å²) in [5.41, 5.74) is 4.72. The van der Waals surface area contributed by atoms with Gasteiger partial charge in [-0.05, 0) is 68.1 Å². The van der Waals surface area contributed by atoms with Gasteiger partial charge < -0.3 is 24.3 Å². The summed E-state index contributed by atoms with van der Waals surface area (Å²) >= 11 is 0. The molecule has 1 aliphatic heterocycles. The van der Waals surface area contributed by atoms with Gasteiger partial charge in [-0.3, -0.25) is 0 Å². The van der Waals surface area contributed by atoms with Crippen LogP contribution in [0.1, 0.15) is 34.6 Å². The van der Waals surface area contributed by atoms with Crippen LogP contribution in [-0.4, -0.2) is 38.5 Å². The summed E-state index contributed by atoms with van der Waals surface area (Å²) in [6.45, 7) is 4.49. The Hall–Kier alpha value is -4.23. The Bertz CT molecular complexity index is 1810. The zero-order valence-corrected chi connectivity index (χ0v) is 28.5. The number of rotatable bonds is 14. The maximum absolute atomic E-state index is 6.70. The summed E-state index contributed by atoms with van der Waals surface area (Å²) in [4.78, 5) is 0. The van der Waals surface area contributed by atoms with Crippen LogP contribution in [0.3, 0.4) is 0 Å². The molecule has 1 N–H and O–H groups in total. The van der Waals surface area contributed by atoms with E-state index >= 15 is 0 Å². The lowest BCUT2D eigenvalue weighted by Gasteiger charge is -2.39. The van der Waals surface area contributed by atoms with Crippen molar-refractivity contribution < 1.29 is 18.9 Å². The number of hydrogen-bond donors (Lipinski definition) is 1. The Morgan fingerprint density at radius 2 is 1.06 bits per heavy atom. The van der Waals surface area contributed by atoms with Gasteiger partial charge in [0, 0.05) is 25.4 Å². The quantitative estimate of drug-likeness (QED) is 0.117. The predicted octanol–water partition coefficient (Wildman–Crippen LogP) is 9.26. The average Bonchev–Trinajstić information content (AvgIpc) is 3.15. The molecule has 0 saturated carbocycles. The molecule has 252 valence electrons. The second-order valence-corrected chi connectivity index (χ2v) is 12.6. The van der Waals surface area contributed by atoms with Crippen LogP contribution < -0.4 is 10.1 Å². The van der Waals surface area contributed by atoms with Crippen molar-refractivity contribution >= 4 is 34.0 Å². The minimum Gasteiger partial charge on any atom is -0.494 e. The van der Waals surface area contributed by atoms with Crippen molar-refractivity contribution in [2.45, 2.75) is 44.4 Å². The summed E-state index contributed by atoms with van der Waals surface area (Å²) in [7, 11) is 0. The lowest BCUT2D eigenvalue weighted by Crippen LogP contribution is -2.50. The van der Waals surface area contributed by atoms with Gasteiger partial charge in [0.15, 0.2) is 0 Å². The first kappa shape index (κ1) is 34.6. The van der Waals surface area contributed by atoms with Gasteiger partial charge in [0.25, 0.3) is 0 Å². The standard InChI is InChI=1S/C43H43NO4.ClH/c1-2-9-32(10-3-1)29-45-23-8-24-46-40-21-19-37(20-22-40)43-41(47-30-33-15-17-35-11-4-6-13-38(35)25-33)27-44-28-42(43)48-31-34-16-18-36-12-5-7-14-39(36)26-34;/h1-7,9-22,25-26,41-44H,8,23-24,27-31H2;1H/t41-,42+,43-;. The molecule has 0 aromatic heterocycles. The lowest BCUT2D eigenvalue weighted by atomic mass is 9.85. The van der Waals surface area contributed by atoms with Gasteiger partial charge in [0.2, 0.25) is 0 Å². The zero-order chi connectivity index (χ0) is 32.4. The SMILES string of the molecule is Cl.c1ccc(COCCCOc2ccc([C@H]3[C@@H](OCc4ccc5ccccc5c4)CNC[C@H]3OCc3ccc4ccccc4c3)cc2)cc1. The van der Waals surface area contributed by atoms with Crippen LogP contribution in [0.25, 0.3) is 21.5 Å². The zero-order valence-electron chi connectivity index (χ0n) is 27.7. The normalized spacial score (nSPS) is 17.5. The molecule has 1 fully saturated rings. The summed E-state index contributed by atoms with van der Waals surface area (Å²) in [6.07, 6.45) is 0.721. The van der Waals surface area contributed by atoms with Gasteiger partial charge in [-0.15, -0.1) is 12.4 Å². The highest BCUT2D eigenvalue weighted by molar-refractivity contribution is 5.85. The molecule has 49 heavy (non-hydrogen) atoms. The monoisotopic (exact) mass is 673 g/mol. The minimum atomic E-state index is -0.0552. The minimum absolute atomic E-state index is 0. The molecule has 0 amide bonds. The van der Waals surface area contributed by atoms with Gasteiger partial charge in [-0.25, -0.2) is 0 Å². The van der Waals surface area contributed by atoms with Crippen LogP contribution in [0, 0.1) is 0 Å². The molecule has 5 nitrogen and oxygen atoms in total. The molecular formula is C43H44ClNO4. The Labute approximate surface area is 295 Å². The van der Waals surface area contributed by atoms with E-state index in [0.29, 0.717) is 33.0 Å². The highest BCUT2D eigenvalue weighted by Crippen LogP contribution is 2.33. The number of nitrogens with one attached hydrogen (secondary N) is 1. The third kappa shape index (κ3) is 9.27.